The molecule has 2 aliphatic heterocycles. The fraction of sp³-hybridized carbons (Fsp3) is 0.364. The number of hydrogen-bond acceptors (Lipinski definition) is 5. The molecule has 0 spiro atoms. The minimum absolute atomic E-state index is 0.0224. The number of para-hydroxylation sites is 1. The maximum atomic E-state index is 13.5. The summed E-state index contributed by atoms with van der Waals surface area (Å²) in [5.41, 5.74) is 4.09. The zero-order chi connectivity index (χ0) is 19.8. The lowest BCUT2D eigenvalue weighted by Gasteiger charge is -2.34. The first kappa shape index (κ1) is 17.8. The van der Waals surface area contributed by atoms with Gasteiger partial charge in [-0.3, -0.25) is 4.79 Å². The highest BCUT2D eigenvalue weighted by Crippen LogP contribution is 2.36. The van der Waals surface area contributed by atoms with Crippen molar-refractivity contribution in [2.24, 2.45) is 5.92 Å². The largest absolute Gasteiger partial charge is 0.346 e. The van der Waals surface area contributed by atoms with E-state index in [0.717, 1.165) is 66.8 Å². The third-order valence-corrected chi connectivity index (χ3v) is 5.88. The van der Waals surface area contributed by atoms with Gasteiger partial charge in [-0.25, -0.2) is 15.0 Å². The normalized spacial score (nSPS) is 16.9. The molecule has 0 saturated carbocycles. The fourth-order valence-electron chi connectivity index (χ4n) is 4.43. The van der Waals surface area contributed by atoms with Crippen LogP contribution in [0.25, 0.3) is 11.3 Å². The van der Waals surface area contributed by atoms with Gasteiger partial charge in [0.1, 0.15) is 5.82 Å². The van der Waals surface area contributed by atoms with Crippen molar-refractivity contribution < 1.29 is 4.79 Å². The Hall–Kier alpha value is -3.22. The Morgan fingerprint density at radius 3 is 2.62 bits per heavy atom. The van der Waals surface area contributed by atoms with Gasteiger partial charge in [0.15, 0.2) is 0 Å². The van der Waals surface area contributed by atoms with Crippen LogP contribution >= 0.6 is 0 Å². The molecule has 1 N–H and O–H groups in total. The van der Waals surface area contributed by atoms with Crippen molar-refractivity contribution in [1.82, 2.24) is 19.9 Å². The summed E-state index contributed by atoms with van der Waals surface area (Å²) >= 11 is 0. The van der Waals surface area contributed by atoms with Crippen molar-refractivity contribution in [2.75, 3.05) is 29.4 Å². The molecule has 148 valence electrons. The Kier molecular flexibility index (Phi) is 4.50. The lowest BCUT2D eigenvalue weighted by molar-refractivity contribution is -0.123. The van der Waals surface area contributed by atoms with Gasteiger partial charge >= 0.3 is 0 Å². The number of imidazole rings is 1. The monoisotopic (exact) mass is 388 g/mol. The number of aryl methyl sites for hydroxylation is 1. The van der Waals surface area contributed by atoms with Gasteiger partial charge in [-0.15, -0.1) is 0 Å². The average molecular weight is 388 g/mol. The van der Waals surface area contributed by atoms with Crippen LogP contribution in [-0.2, 0) is 11.2 Å². The van der Waals surface area contributed by atoms with Crippen molar-refractivity contribution in [3.63, 3.8) is 0 Å². The zero-order valence-corrected chi connectivity index (χ0v) is 16.5. The van der Waals surface area contributed by atoms with E-state index < -0.39 is 0 Å². The molecule has 7 nitrogen and oxygen atoms in total. The van der Waals surface area contributed by atoms with Crippen molar-refractivity contribution in [3.8, 4) is 11.3 Å². The molecule has 1 fully saturated rings. The molecule has 29 heavy (non-hydrogen) atoms. The average Bonchev–Trinajstić information content (AvgIpc) is 3.08. The molecule has 1 amide bonds. The number of nitrogens with one attached hydrogen (secondary N) is 1. The van der Waals surface area contributed by atoms with E-state index in [-0.39, 0.29) is 11.8 Å². The number of H-pyrrole nitrogens is 1. The summed E-state index contributed by atoms with van der Waals surface area (Å²) in [5, 5.41) is 0. The first-order chi connectivity index (χ1) is 14.2. The highest BCUT2D eigenvalue weighted by molar-refractivity contribution is 5.99. The Bertz CT molecular complexity index is 1020. The molecular weight excluding hydrogens is 364 g/mol. The first-order valence-electron chi connectivity index (χ1n) is 10.2. The van der Waals surface area contributed by atoms with Gasteiger partial charge < -0.3 is 14.8 Å². The number of amides is 1. The minimum Gasteiger partial charge on any atom is -0.346 e. The lowest BCUT2D eigenvalue weighted by atomic mass is 9.95. The lowest BCUT2D eigenvalue weighted by Crippen LogP contribution is -2.43. The van der Waals surface area contributed by atoms with Crippen LogP contribution in [-0.4, -0.2) is 45.5 Å². The molecule has 5 rings (SSSR count). The second kappa shape index (κ2) is 7.31. The second-order valence-corrected chi connectivity index (χ2v) is 7.72. The van der Waals surface area contributed by atoms with Crippen LogP contribution in [0.3, 0.4) is 0 Å². The summed E-state index contributed by atoms with van der Waals surface area (Å²) in [6, 6.07) is 9.94. The van der Waals surface area contributed by atoms with Gasteiger partial charge in [0.05, 0.1) is 11.4 Å². The van der Waals surface area contributed by atoms with E-state index in [2.05, 4.69) is 30.9 Å². The van der Waals surface area contributed by atoms with E-state index >= 15 is 0 Å². The number of benzene rings is 1. The highest BCUT2D eigenvalue weighted by atomic mass is 16.2. The first-order valence-corrected chi connectivity index (χ1v) is 10.2. The molecule has 3 aromatic rings. The van der Waals surface area contributed by atoms with Crippen LogP contribution in [0.1, 0.15) is 24.4 Å². The summed E-state index contributed by atoms with van der Waals surface area (Å²) in [4.78, 5) is 34.4. The number of anilines is 2. The summed E-state index contributed by atoms with van der Waals surface area (Å²) in [6.07, 6.45) is 5.94. The third-order valence-electron chi connectivity index (χ3n) is 5.88. The van der Waals surface area contributed by atoms with Crippen LogP contribution in [0.15, 0.2) is 42.7 Å². The topological polar surface area (TPSA) is 78.0 Å². The third kappa shape index (κ3) is 3.26. The Balaban J connectivity index is 1.37. The number of aromatic nitrogens is 4. The van der Waals surface area contributed by atoms with E-state index in [1.807, 2.05) is 36.1 Å². The van der Waals surface area contributed by atoms with Crippen LogP contribution in [0.5, 0.6) is 0 Å². The SMILES string of the molecule is Cc1nc2c([nH]1)CCN(C(=O)C1CCN(c3ncccn3)CC1)c1ccccc1-2. The van der Waals surface area contributed by atoms with E-state index in [1.165, 1.54) is 0 Å². The molecule has 2 aromatic heterocycles. The van der Waals surface area contributed by atoms with Gasteiger partial charge in [0.2, 0.25) is 11.9 Å². The Morgan fingerprint density at radius 2 is 1.83 bits per heavy atom. The van der Waals surface area contributed by atoms with Crippen molar-refractivity contribution in [2.45, 2.75) is 26.2 Å². The smallest absolute Gasteiger partial charge is 0.230 e. The Morgan fingerprint density at radius 1 is 1.07 bits per heavy atom. The molecule has 7 heteroatoms. The number of hydrogen-bond donors (Lipinski definition) is 1. The molecule has 2 aliphatic rings. The number of carbonyl (C=O) groups excluding carboxylic acids is 1. The summed E-state index contributed by atoms with van der Waals surface area (Å²) in [7, 11) is 0. The highest BCUT2D eigenvalue weighted by Gasteiger charge is 2.33. The van der Waals surface area contributed by atoms with Crippen LogP contribution in [0.4, 0.5) is 11.6 Å². The van der Waals surface area contributed by atoms with Crippen LogP contribution in [0, 0.1) is 12.8 Å². The number of rotatable bonds is 2. The predicted octanol–water partition coefficient (Wildman–Crippen LogP) is 2.98. The molecule has 0 atom stereocenters. The van der Waals surface area contributed by atoms with Crippen LogP contribution in [0.2, 0.25) is 0 Å². The zero-order valence-electron chi connectivity index (χ0n) is 16.5. The van der Waals surface area contributed by atoms with Crippen molar-refractivity contribution in [1.29, 1.82) is 0 Å². The molecule has 0 aliphatic carbocycles. The van der Waals surface area contributed by atoms with Gasteiger partial charge in [0.25, 0.3) is 0 Å². The molecular formula is C22H24N6O. The van der Waals surface area contributed by atoms with Gasteiger partial charge in [-0.2, -0.15) is 0 Å². The van der Waals surface area contributed by atoms with E-state index in [0.29, 0.717) is 6.54 Å². The van der Waals surface area contributed by atoms with Crippen molar-refractivity contribution >= 4 is 17.5 Å². The maximum Gasteiger partial charge on any atom is 0.230 e. The quantitative estimate of drug-likeness (QED) is 0.730. The molecule has 1 aromatic carbocycles. The fourth-order valence-corrected chi connectivity index (χ4v) is 4.43. The van der Waals surface area contributed by atoms with E-state index in [9.17, 15) is 4.79 Å². The van der Waals surface area contributed by atoms with Crippen LogP contribution < -0.4 is 9.80 Å². The van der Waals surface area contributed by atoms with Gasteiger partial charge in [-0.1, -0.05) is 18.2 Å². The molecule has 1 saturated heterocycles. The maximum absolute atomic E-state index is 13.5. The number of aromatic amines is 1. The number of nitrogens with zero attached hydrogens (tertiary/aromatic N) is 5. The van der Waals surface area contributed by atoms with Gasteiger partial charge in [-0.05, 0) is 31.9 Å². The molecule has 0 bridgehead atoms. The summed E-state index contributed by atoms with van der Waals surface area (Å²) < 4.78 is 0. The second-order valence-electron chi connectivity index (χ2n) is 7.72. The van der Waals surface area contributed by atoms with Crippen molar-refractivity contribution in [3.05, 3.63) is 54.2 Å². The summed E-state index contributed by atoms with van der Waals surface area (Å²) in [6.45, 7) is 4.25. The number of carbonyl (C=O) groups is 1. The predicted molar refractivity (Wildman–Crippen MR) is 112 cm³/mol. The Labute approximate surface area is 169 Å². The number of piperidine rings is 1. The molecule has 0 radical (unpaired) electrons. The minimum atomic E-state index is 0.0224. The van der Waals surface area contributed by atoms with E-state index in [4.69, 9.17) is 0 Å². The summed E-state index contributed by atoms with van der Waals surface area (Å²) in [5.74, 6) is 1.90. The standard InChI is InChI=1S/C22H24N6O/c1-15-25-18-9-14-28(19-6-3-2-5-17(19)20(18)26-15)21(29)16-7-12-27(13-8-16)22-23-10-4-11-24-22/h2-6,10-11,16H,7-9,12-14H2,1H3,(H,25,26). The number of fused-ring (bicyclic) bond motifs is 3. The van der Waals surface area contributed by atoms with Gasteiger partial charge in [0, 0.05) is 55.6 Å². The molecule has 0 unspecified atom stereocenters. The van der Waals surface area contributed by atoms with E-state index in [1.54, 1.807) is 12.4 Å². The molecule has 4 heterocycles.